The van der Waals surface area contributed by atoms with Crippen molar-refractivity contribution in [1.82, 2.24) is 0 Å². The molecule has 0 aromatic heterocycles. The first-order valence-electron chi connectivity index (χ1n) is 4.78. The topological polar surface area (TPSA) is 0 Å². The molecule has 0 nitrogen and oxygen atoms in total. The summed E-state index contributed by atoms with van der Waals surface area (Å²) in [4.78, 5) is 1.42. The fourth-order valence-electron chi connectivity index (χ4n) is 2.11. The molecule has 0 saturated heterocycles. The summed E-state index contributed by atoms with van der Waals surface area (Å²) in [6, 6.07) is 6.49. The number of hydrogen-bond acceptors (Lipinski definition) is 1. The summed E-state index contributed by atoms with van der Waals surface area (Å²) in [5, 5.41) is 0.577. The average Bonchev–Trinajstić information content (AvgIpc) is 2.66. The predicted octanol–water partition coefficient (Wildman–Crippen LogP) is -4.85. The Bertz CT molecular complexity index is 528. The normalized spacial score (nSPS) is 19.1. The molecule has 1 aliphatic carbocycles. The Morgan fingerprint density at radius 2 is 1.89 bits per heavy atom. The Morgan fingerprint density at radius 1 is 1.22 bits per heavy atom. The third-order valence-electron chi connectivity index (χ3n) is 2.85. The SMILES string of the molecule is CC1=CC2Sc3cccc(Br)c3C2=[C]1[Zr+3].[Cl-].[Cl-].[Cl-]. The minimum atomic E-state index is 0. The minimum absolute atomic E-state index is 0. The number of thioether (sulfide) groups is 1. The zero-order valence-electron chi connectivity index (χ0n) is 9.31. The van der Waals surface area contributed by atoms with Gasteiger partial charge in [-0.15, -0.1) is 0 Å². The first kappa shape index (κ1) is 19.3. The third kappa shape index (κ3) is 2.97. The Kier molecular flexibility index (Phi) is 7.86. The zero-order chi connectivity index (χ0) is 10.6. The van der Waals surface area contributed by atoms with Gasteiger partial charge in [-0.2, -0.15) is 0 Å². The number of hydrogen-bond donors (Lipinski definition) is 0. The maximum atomic E-state index is 3.67. The van der Waals surface area contributed by atoms with E-state index in [2.05, 4.69) is 47.1 Å². The molecule has 6 heteroatoms. The number of fused-ring (bicyclic) bond motifs is 3. The van der Waals surface area contributed by atoms with Crippen LogP contribution in [-0.2, 0) is 24.7 Å². The van der Waals surface area contributed by atoms with Crippen molar-refractivity contribution >= 4 is 33.3 Å². The second-order valence-corrected chi connectivity index (χ2v) is 7.06. The third-order valence-corrected chi connectivity index (χ3v) is 6.36. The Morgan fingerprint density at radius 3 is 2.56 bits per heavy atom. The van der Waals surface area contributed by atoms with Gasteiger partial charge in [-0.25, -0.2) is 0 Å². The van der Waals surface area contributed by atoms with Gasteiger partial charge in [0.15, 0.2) is 0 Å². The fraction of sp³-hybridized carbons (Fsp3) is 0.167. The first-order valence-corrected chi connectivity index (χ1v) is 7.69. The van der Waals surface area contributed by atoms with Gasteiger partial charge in [-0.1, -0.05) is 0 Å². The van der Waals surface area contributed by atoms with E-state index in [4.69, 9.17) is 0 Å². The first-order chi connectivity index (χ1) is 7.18. The van der Waals surface area contributed by atoms with Crippen LogP contribution in [0.2, 0.25) is 0 Å². The van der Waals surface area contributed by atoms with Crippen molar-refractivity contribution in [1.29, 1.82) is 0 Å². The molecular weight excluding hydrogens is 454 g/mol. The van der Waals surface area contributed by atoms with E-state index in [9.17, 15) is 0 Å². The van der Waals surface area contributed by atoms with Crippen molar-refractivity contribution in [2.45, 2.75) is 17.1 Å². The van der Waals surface area contributed by atoms with E-state index in [1.807, 2.05) is 11.8 Å². The molecule has 1 aliphatic heterocycles. The number of allylic oxidation sites excluding steroid dienone is 2. The second-order valence-electron chi connectivity index (χ2n) is 3.79. The standard InChI is InChI=1S/C12H8BrS.3ClH.Zr/c1-7-5-8-11(6-7)14-10-4-2-3-9(13)12(8)10;;;;/h2-4,6,11H,1H3;3*1H;/q;;;;+3/p-3. The second kappa shape index (κ2) is 7.34. The summed E-state index contributed by atoms with van der Waals surface area (Å²) in [5.74, 6) is 0. The molecular formula is C12H8BrCl3SZr. The molecule has 2 aliphatic rings. The van der Waals surface area contributed by atoms with Gasteiger partial charge in [0, 0.05) is 0 Å². The van der Waals surface area contributed by atoms with Crippen molar-refractivity contribution in [2.75, 3.05) is 0 Å². The molecule has 18 heavy (non-hydrogen) atoms. The molecule has 1 heterocycles. The molecule has 0 bridgehead atoms. The fourth-order valence-corrected chi connectivity index (χ4v) is 5.37. The van der Waals surface area contributed by atoms with Crippen LogP contribution in [-0.4, -0.2) is 5.25 Å². The summed E-state index contributed by atoms with van der Waals surface area (Å²) in [6.45, 7) is 2.23. The van der Waals surface area contributed by atoms with E-state index >= 15 is 0 Å². The van der Waals surface area contributed by atoms with Crippen LogP contribution in [0.3, 0.4) is 0 Å². The van der Waals surface area contributed by atoms with Crippen LogP contribution in [0.1, 0.15) is 12.5 Å². The van der Waals surface area contributed by atoms with Crippen molar-refractivity contribution in [3.05, 3.63) is 43.2 Å². The van der Waals surface area contributed by atoms with Gasteiger partial charge in [0.2, 0.25) is 0 Å². The van der Waals surface area contributed by atoms with Crippen molar-refractivity contribution in [3.8, 4) is 0 Å². The molecule has 0 spiro atoms. The predicted molar refractivity (Wildman–Crippen MR) is 64.5 cm³/mol. The van der Waals surface area contributed by atoms with Crippen molar-refractivity contribution < 1.29 is 61.9 Å². The van der Waals surface area contributed by atoms with Crippen LogP contribution in [0.4, 0.5) is 0 Å². The molecule has 3 rings (SSSR count). The zero-order valence-corrected chi connectivity index (χ0v) is 16.4. The molecule has 0 saturated carbocycles. The van der Waals surface area contributed by atoms with Gasteiger partial charge in [-0.3, -0.25) is 0 Å². The molecule has 0 N–H and O–H groups in total. The van der Waals surface area contributed by atoms with E-state index in [1.165, 1.54) is 45.2 Å². The average molecular weight is 462 g/mol. The van der Waals surface area contributed by atoms with Crippen molar-refractivity contribution in [3.63, 3.8) is 0 Å². The molecule has 0 amide bonds. The van der Waals surface area contributed by atoms with E-state index in [0.29, 0.717) is 5.25 Å². The van der Waals surface area contributed by atoms with Gasteiger partial charge in [0.25, 0.3) is 0 Å². The Labute approximate surface area is 154 Å². The summed E-state index contributed by atoms with van der Waals surface area (Å²) < 4.78 is 2.79. The van der Waals surface area contributed by atoms with E-state index in [1.54, 1.807) is 8.85 Å². The summed E-state index contributed by atoms with van der Waals surface area (Å²) >= 11 is 7.18. The van der Waals surface area contributed by atoms with Crippen LogP contribution >= 0.6 is 27.7 Å². The Hall–Kier alpha value is 1.28. The van der Waals surface area contributed by atoms with Crippen LogP contribution < -0.4 is 37.2 Å². The molecule has 1 aromatic carbocycles. The number of benzene rings is 1. The van der Waals surface area contributed by atoms with Crippen LogP contribution in [0, 0.1) is 0 Å². The van der Waals surface area contributed by atoms with E-state index < -0.39 is 0 Å². The van der Waals surface area contributed by atoms with Gasteiger partial charge in [0.05, 0.1) is 0 Å². The molecule has 1 aromatic rings. The molecule has 1 atom stereocenters. The van der Waals surface area contributed by atoms with Crippen LogP contribution in [0.25, 0.3) is 5.57 Å². The van der Waals surface area contributed by atoms with Gasteiger partial charge < -0.3 is 37.2 Å². The van der Waals surface area contributed by atoms with Gasteiger partial charge in [0.1, 0.15) is 0 Å². The largest absolute Gasteiger partial charge is 1.00 e. The molecule has 1 unspecified atom stereocenters. The monoisotopic (exact) mass is 458 g/mol. The summed E-state index contributed by atoms with van der Waals surface area (Å²) in [6.07, 6.45) is 2.40. The van der Waals surface area contributed by atoms with E-state index in [0.717, 1.165) is 0 Å². The van der Waals surface area contributed by atoms with Gasteiger partial charge >= 0.3 is 118 Å². The maximum Gasteiger partial charge on any atom is -1.00 e. The molecule has 0 radical (unpaired) electrons. The quantitative estimate of drug-likeness (QED) is 0.374. The minimum Gasteiger partial charge on any atom is -1.00 e. The number of rotatable bonds is 0. The van der Waals surface area contributed by atoms with E-state index in [-0.39, 0.29) is 37.2 Å². The molecule has 94 valence electrons. The Balaban J connectivity index is 0.000000963. The number of halogens is 4. The summed E-state index contributed by atoms with van der Waals surface area (Å²) in [7, 11) is 0. The van der Waals surface area contributed by atoms with Crippen LogP contribution in [0.5, 0.6) is 0 Å². The smallest absolute Gasteiger partial charge is 1.00 e. The van der Waals surface area contributed by atoms with Crippen LogP contribution in [0.15, 0.2) is 42.5 Å². The van der Waals surface area contributed by atoms with Gasteiger partial charge in [-0.05, 0) is 0 Å². The molecule has 0 fully saturated rings. The van der Waals surface area contributed by atoms with Crippen molar-refractivity contribution in [2.24, 2.45) is 0 Å². The summed E-state index contributed by atoms with van der Waals surface area (Å²) in [5.41, 5.74) is 4.47. The maximum absolute atomic E-state index is 3.67.